The van der Waals surface area contributed by atoms with Crippen LogP contribution < -0.4 is 10.6 Å². The van der Waals surface area contributed by atoms with Crippen LogP contribution in [0.5, 0.6) is 0 Å². The number of carbonyl (C=O) groups excluding carboxylic acids is 2. The standard InChI is InChI=1S/C20H18N6O2S/c1-12(27)21-13-6-8-14(9-7-13)22-17(28)10-11-29-20-24-19-18(25-26-20)15-4-2-3-5-16(15)23-19/h2-9H,10-11H2,1H3,(H,21,27)(H,22,28)(H,23,24,26). The van der Waals surface area contributed by atoms with Gasteiger partial charge in [-0.1, -0.05) is 30.0 Å². The molecule has 2 aromatic heterocycles. The van der Waals surface area contributed by atoms with Gasteiger partial charge < -0.3 is 15.6 Å². The lowest BCUT2D eigenvalue weighted by Gasteiger charge is -2.06. The summed E-state index contributed by atoms with van der Waals surface area (Å²) in [7, 11) is 0. The fourth-order valence-electron chi connectivity index (χ4n) is 2.87. The summed E-state index contributed by atoms with van der Waals surface area (Å²) in [6.07, 6.45) is 0.312. The van der Waals surface area contributed by atoms with Gasteiger partial charge in [-0.3, -0.25) is 9.59 Å². The third-order valence-electron chi connectivity index (χ3n) is 4.15. The average Bonchev–Trinajstić information content (AvgIpc) is 3.07. The highest BCUT2D eigenvalue weighted by Gasteiger charge is 2.10. The summed E-state index contributed by atoms with van der Waals surface area (Å²) >= 11 is 1.38. The zero-order chi connectivity index (χ0) is 20.2. The topological polar surface area (TPSA) is 113 Å². The minimum Gasteiger partial charge on any atom is -0.338 e. The van der Waals surface area contributed by atoms with E-state index in [1.165, 1.54) is 18.7 Å². The maximum absolute atomic E-state index is 12.1. The lowest BCUT2D eigenvalue weighted by atomic mass is 10.2. The lowest BCUT2D eigenvalue weighted by molar-refractivity contribution is -0.116. The molecule has 0 aliphatic heterocycles. The highest BCUT2D eigenvalue weighted by Crippen LogP contribution is 2.23. The number of benzene rings is 2. The number of carbonyl (C=O) groups is 2. The molecule has 0 atom stereocenters. The van der Waals surface area contributed by atoms with Gasteiger partial charge in [-0.05, 0) is 30.3 Å². The molecule has 8 nitrogen and oxygen atoms in total. The third kappa shape index (κ3) is 4.52. The number of aromatic amines is 1. The van der Waals surface area contributed by atoms with Crippen molar-refractivity contribution in [1.82, 2.24) is 20.2 Å². The van der Waals surface area contributed by atoms with E-state index in [2.05, 4.69) is 30.8 Å². The van der Waals surface area contributed by atoms with Gasteiger partial charge in [0.25, 0.3) is 0 Å². The van der Waals surface area contributed by atoms with E-state index in [1.54, 1.807) is 24.3 Å². The molecule has 2 amide bonds. The molecule has 29 heavy (non-hydrogen) atoms. The summed E-state index contributed by atoms with van der Waals surface area (Å²) in [4.78, 5) is 30.9. The number of hydrogen-bond donors (Lipinski definition) is 3. The van der Waals surface area contributed by atoms with Gasteiger partial charge in [-0.25, -0.2) is 4.98 Å². The number of anilines is 2. The van der Waals surface area contributed by atoms with Crippen molar-refractivity contribution in [1.29, 1.82) is 0 Å². The predicted octanol–water partition coefficient (Wildman–Crippen LogP) is 3.59. The number of nitrogens with zero attached hydrogens (tertiary/aromatic N) is 3. The molecule has 146 valence electrons. The van der Waals surface area contributed by atoms with Gasteiger partial charge in [0.15, 0.2) is 5.65 Å². The molecule has 4 aromatic rings. The summed E-state index contributed by atoms with van der Waals surface area (Å²) in [6, 6.07) is 14.8. The van der Waals surface area contributed by atoms with Crippen LogP contribution in [0.3, 0.4) is 0 Å². The molecule has 0 aliphatic carbocycles. The molecule has 3 N–H and O–H groups in total. The quantitative estimate of drug-likeness (QED) is 0.422. The van der Waals surface area contributed by atoms with Gasteiger partial charge in [0.2, 0.25) is 17.0 Å². The molecule has 0 aliphatic rings. The molecule has 2 heterocycles. The fraction of sp³-hybridized carbons (Fsp3) is 0.150. The van der Waals surface area contributed by atoms with E-state index in [1.807, 2.05) is 24.3 Å². The zero-order valence-corrected chi connectivity index (χ0v) is 16.4. The van der Waals surface area contributed by atoms with E-state index in [0.29, 0.717) is 34.4 Å². The number of thioether (sulfide) groups is 1. The van der Waals surface area contributed by atoms with Gasteiger partial charge in [0.05, 0.1) is 0 Å². The first-order valence-electron chi connectivity index (χ1n) is 9.00. The second-order valence-corrected chi connectivity index (χ2v) is 7.43. The molecular weight excluding hydrogens is 388 g/mol. The van der Waals surface area contributed by atoms with Gasteiger partial charge in [0.1, 0.15) is 5.52 Å². The molecule has 0 saturated heterocycles. The first kappa shape index (κ1) is 18.9. The molecule has 0 radical (unpaired) electrons. The van der Waals surface area contributed by atoms with E-state index < -0.39 is 0 Å². The molecule has 9 heteroatoms. The maximum atomic E-state index is 12.1. The second kappa shape index (κ2) is 8.27. The molecule has 0 unspecified atom stereocenters. The van der Waals surface area contributed by atoms with Gasteiger partial charge in [-0.2, -0.15) is 0 Å². The van der Waals surface area contributed by atoms with Crippen molar-refractivity contribution < 1.29 is 9.59 Å². The van der Waals surface area contributed by atoms with Crippen molar-refractivity contribution in [3.63, 3.8) is 0 Å². The molecule has 4 rings (SSSR count). The van der Waals surface area contributed by atoms with E-state index >= 15 is 0 Å². The van der Waals surface area contributed by atoms with Crippen molar-refractivity contribution in [2.45, 2.75) is 18.5 Å². The molecule has 0 fully saturated rings. The first-order chi connectivity index (χ1) is 14.1. The number of nitrogens with one attached hydrogen (secondary N) is 3. The Kier molecular flexibility index (Phi) is 5.39. The van der Waals surface area contributed by atoms with Crippen LogP contribution in [0.1, 0.15) is 13.3 Å². The summed E-state index contributed by atoms with van der Waals surface area (Å²) in [5.41, 5.74) is 3.75. The Morgan fingerprint density at radius 2 is 1.72 bits per heavy atom. The maximum Gasteiger partial charge on any atom is 0.225 e. The van der Waals surface area contributed by atoms with Crippen LogP contribution in [-0.4, -0.2) is 37.7 Å². The van der Waals surface area contributed by atoms with Gasteiger partial charge in [-0.15, -0.1) is 10.2 Å². The van der Waals surface area contributed by atoms with Crippen LogP contribution in [-0.2, 0) is 9.59 Å². The van der Waals surface area contributed by atoms with Crippen molar-refractivity contribution >= 4 is 57.0 Å². The van der Waals surface area contributed by atoms with Crippen molar-refractivity contribution in [3.8, 4) is 0 Å². The Morgan fingerprint density at radius 3 is 2.48 bits per heavy atom. The monoisotopic (exact) mass is 406 g/mol. The van der Waals surface area contributed by atoms with Crippen LogP contribution in [0, 0.1) is 0 Å². The average molecular weight is 406 g/mol. The van der Waals surface area contributed by atoms with E-state index in [0.717, 1.165) is 16.4 Å². The van der Waals surface area contributed by atoms with Crippen LogP contribution in [0.15, 0.2) is 53.7 Å². The summed E-state index contributed by atoms with van der Waals surface area (Å²) in [5, 5.41) is 15.5. The number of fused-ring (bicyclic) bond motifs is 3. The highest BCUT2D eigenvalue weighted by atomic mass is 32.2. The number of amides is 2. The molecular formula is C20H18N6O2S. The smallest absolute Gasteiger partial charge is 0.225 e. The normalized spacial score (nSPS) is 10.9. The molecule has 2 aromatic carbocycles. The zero-order valence-electron chi connectivity index (χ0n) is 15.6. The SMILES string of the molecule is CC(=O)Nc1ccc(NC(=O)CCSc2nnc3c(n2)[nH]c2ccccc23)cc1. The predicted molar refractivity (Wildman–Crippen MR) is 114 cm³/mol. The number of aromatic nitrogens is 4. The van der Waals surface area contributed by atoms with Crippen molar-refractivity contribution in [3.05, 3.63) is 48.5 Å². The molecule has 0 bridgehead atoms. The summed E-state index contributed by atoms with van der Waals surface area (Å²) < 4.78 is 0. The van der Waals surface area contributed by atoms with Crippen LogP contribution in [0.4, 0.5) is 11.4 Å². The highest BCUT2D eigenvalue weighted by molar-refractivity contribution is 7.99. The first-order valence-corrected chi connectivity index (χ1v) is 9.98. The van der Waals surface area contributed by atoms with Crippen LogP contribution in [0.25, 0.3) is 22.1 Å². The van der Waals surface area contributed by atoms with Crippen molar-refractivity contribution in [2.24, 2.45) is 0 Å². The number of H-pyrrole nitrogens is 1. The van der Waals surface area contributed by atoms with E-state index in [-0.39, 0.29) is 11.8 Å². The second-order valence-electron chi connectivity index (χ2n) is 6.37. The Hall–Kier alpha value is -3.46. The number of hydrogen-bond acceptors (Lipinski definition) is 6. The van der Waals surface area contributed by atoms with E-state index in [4.69, 9.17) is 0 Å². The minimum atomic E-state index is -0.138. The molecule has 0 spiro atoms. The van der Waals surface area contributed by atoms with Crippen LogP contribution in [0.2, 0.25) is 0 Å². The molecule has 0 saturated carbocycles. The lowest BCUT2D eigenvalue weighted by Crippen LogP contribution is -2.12. The Morgan fingerprint density at radius 1 is 1.00 bits per heavy atom. The largest absolute Gasteiger partial charge is 0.338 e. The fourth-order valence-corrected chi connectivity index (χ4v) is 3.59. The van der Waals surface area contributed by atoms with E-state index in [9.17, 15) is 9.59 Å². The van der Waals surface area contributed by atoms with Gasteiger partial charge in [0, 0.05) is 41.4 Å². The summed E-state index contributed by atoms with van der Waals surface area (Å²) in [5.74, 6) is 0.286. The third-order valence-corrected chi connectivity index (χ3v) is 4.99. The number of rotatable bonds is 6. The Balaban J connectivity index is 1.32. The minimum absolute atomic E-state index is 0.107. The van der Waals surface area contributed by atoms with Gasteiger partial charge >= 0.3 is 0 Å². The Bertz CT molecular complexity index is 1190. The summed E-state index contributed by atoms with van der Waals surface area (Å²) in [6.45, 7) is 1.45. The number of para-hydroxylation sites is 1. The van der Waals surface area contributed by atoms with Crippen molar-refractivity contribution in [2.75, 3.05) is 16.4 Å². The Labute approximate surface area is 170 Å². The van der Waals surface area contributed by atoms with Crippen LogP contribution >= 0.6 is 11.8 Å².